The number of ether oxygens (including phenoxy) is 3. The van der Waals surface area contributed by atoms with Crippen molar-refractivity contribution in [1.29, 1.82) is 0 Å². The highest BCUT2D eigenvalue weighted by molar-refractivity contribution is 5.80. The number of carboxylic acids is 1. The summed E-state index contributed by atoms with van der Waals surface area (Å²) in [6.45, 7) is 10.4. The molecule has 0 aromatic heterocycles. The number of likely N-dealkylation sites (tertiary alicyclic amines) is 2. The third kappa shape index (κ3) is 8.15. The van der Waals surface area contributed by atoms with Crippen LogP contribution in [0.2, 0.25) is 0 Å². The number of carboxylic acid groups (broad SMARTS) is 1. The Morgan fingerprint density at radius 3 is 2.48 bits per heavy atom. The molecule has 3 aliphatic rings. The quantitative estimate of drug-likeness (QED) is 0.279. The molecule has 3 aliphatic heterocycles. The Morgan fingerprint density at radius 1 is 1.11 bits per heavy atom. The highest BCUT2D eigenvalue weighted by Gasteiger charge is 2.48. The van der Waals surface area contributed by atoms with E-state index in [-0.39, 0.29) is 30.6 Å². The number of aliphatic carboxylic acids is 1. The van der Waals surface area contributed by atoms with Crippen molar-refractivity contribution in [3.8, 4) is 17.2 Å². The highest BCUT2D eigenvalue weighted by Crippen LogP contribution is 2.47. The van der Waals surface area contributed by atoms with Gasteiger partial charge in [-0.05, 0) is 69.4 Å². The minimum absolute atomic E-state index is 0.0275. The number of nitrogens with zero attached hydrogens (tertiary/aromatic N) is 4. The number of amides is 2. The Balaban J connectivity index is 1.59. The van der Waals surface area contributed by atoms with Gasteiger partial charge in [0.05, 0.1) is 19.6 Å². The number of benzene rings is 1. The number of methoxy groups -OCH3 is 1. The van der Waals surface area contributed by atoms with Crippen molar-refractivity contribution in [2.75, 3.05) is 73.8 Å². The van der Waals surface area contributed by atoms with Gasteiger partial charge in [-0.15, -0.1) is 0 Å². The van der Waals surface area contributed by atoms with Crippen LogP contribution in [0.15, 0.2) is 12.1 Å². The summed E-state index contributed by atoms with van der Waals surface area (Å²) in [6, 6.07) is 3.26. The number of fused-ring (bicyclic) bond motifs is 1. The molecule has 4 rings (SSSR count). The van der Waals surface area contributed by atoms with E-state index >= 15 is 0 Å². The number of hydrogen-bond acceptors (Lipinski definition) is 8. The molecule has 3 heterocycles. The van der Waals surface area contributed by atoms with E-state index in [2.05, 4.69) is 39.8 Å². The van der Waals surface area contributed by atoms with Crippen LogP contribution in [0.3, 0.4) is 0 Å². The van der Waals surface area contributed by atoms with E-state index in [1.165, 1.54) is 0 Å². The van der Waals surface area contributed by atoms with Crippen LogP contribution in [0.4, 0.5) is 0 Å². The van der Waals surface area contributed by atoms with Gasteiger partial charge in [-0.1, -0.05) is 27.2 Å². The Morgan fingerprint density at radius 2 is 1.84 bits per heavy atom. The van der Waals surface area contributed by atoms with Crippen LogP contribution in [0.5, 0.6) is 17.2 Å². The molecule has 3 atom stereocenters. The first-order chi connectivity index (χ1) is 20.9. The van der Waals surface area contributed by atoms with Crippen LogP contribution < -0.4 is 14.2 Å². The Bertz CT molecular complexity index is 1170. The van der Waals surface area contributed by atoms with E-state index in [0.717, 1.165) is 37.8 Å². The standard InChI is InChI=1S/C33H52N4O7/c1-7-8-13-35(14-10-9-12-34(4)5)29(39)20-37-19-24(23-16-26(42-6)31-27(17-23)43-22-44-31)30(32(40)41)25(37)11-15-36-21-33(2,3)18-28(36)38/h16-17,24-25,30H,7-15,18-22H2,1-6H3,(H,40,41). The van der Waals surface area contributed by atoms with Crippen molar-refractivity contribution in [3.63, 3.8) is 0 Å². The first-order valence-electron chi connectivity index (χ1n) is 16.1. The topological polar surface area (TPSA) is 112 Å². The van der Waals surface area contributed by atoms with Gasteiger partial charge in [-0.25, -0.2) is 0 Å². The van der Waals surface area contributed by atoms with E-state index in [1.54, 1.807) is 7.11 Å². The number of rotatable bonds is 16. The lowest BCUT2D eigenvalue weighted by Gasteiger charge is -2.31. The van der Waals surface area contributed by atoms with Gasteiger partial charge in [0.1, 0.15) is 0 Å². The second-order valence-electron chi connectivity index (χ2n) is 13.6. The smallest absolute Gasteiger partial charge is 0.308 e. The molecule has 1 aromatic carbocycles. The molecule has 2 amide bonds. The predicted molar refractivity (Wildman–Crippen MR) is 167 cm³/mol. The summed E-state index contributed by atoms with van der Waals surface area (Å²) in [7, 11) is 5.65. The first kappa shape index (κ1) is 33.8. The second-order valence-corrected chi connectivity index (χ2v) is 13.6. The van der Waals surface area contributed by atoms with Gasteiger partial charge < -0.3 is 34.0 Å². The zero-order valence-corrected chi connectivity index (χ0v) is 27.5. The van der Waals surface area contributed by atoms with Gasteiger partial charge in [-0.3, -0.25) is 19.3 Å². The van der Waals surface area contributed by atoms with E-state index in [1.807, 2.05) is 26.8 Å². The molecule has 1 aromatic rings. The maximum Gasteiger partial charge on any atom is 0.308 e. The lowest BCUT2D eigenvalue weighted by Crippen LogP contribution is -2.46. The minimum Gasteiger partial charge on any atom is -0.493 e. The molecule has 44 heavy (non-hydrogen) atoms. The van der Waals surface area contributed by atoms with Crippen LogP contribution in [0.1, 0.15) is 70.8 Å². The number of carbonyl (C=O) groups is 3. The summed E-state index contributed by atoms with van der Waals surface area (Å²) in [5, 5.41) is 10.6. The zero-order valence-electron chi connectivity index (χ0n) is 27.5. The number of carbonyl (C=O) groups excluding carboxylic acids is 2. The summed E-state index contributed by atoms with van der Waals surface area (Å²) < 4.78 is 16.8. The Kier molecular flexibility index (Phi) is 11.4. The lowest BCUT2D eigenvalue weighted by atomic mass is 9.84. The Labute approximate surface area is 262 Å². The fourth-order valence-corrected chi connectivity index (χ4v) is 6.94. The van der Waals surface area contributed by atoms with Crippen molar-refractivity contribution in [1.82, 2.24) is 19.6 Å². The SMILES string of the molecule is CCCCN(CCCCN(C)C)C(=O)CN1CC(c2cc(OC)c3c(c2)OCO3)C(C(=O)O)C1CCN1CC(C)(C)CC1=O. The van der Waals surface area contributed by atoms with E-state index in [9.17, 15) is 19.5 Å². The van der Waals surface area contributed by atoms with Crippen molar-refractivity contribution >= 4 is 17.8 Å². The van der Waals surface area contributed by atoms with Crippen LogP contribution in [-0.4, -0.2) is 122 Å². The molecule has 2 fully saturated rings. The van der Waals surface area contributed by atoms with E-state index in [0.29, 0.717) is 62.8 Å². The van der Waals surface area contributed by atoms with Gasteiger partial charge in [0.2, 0.25) is 24.4 Å². The molecular weight excluding hydrogens is 564 g/mol. The molecule has 0 spiro atoms. The highest BCUT2D eigenvalue weighted by atomic mass is 16.7. The summed E-state index contributed by atoms with van der Waals surface area (Å²) in [4.78, 5) is 47.6. The normalized spacial score (nSPS) is 22.7. The van der Waals surface area contributed by atoms with Crippen LogP contribution >= 0.6 is 0 Å². The molecule has 0 bridgehead atoms. The minimum atomic E-state index is -0.911. The molecular formula is C33H52N4O7. The van der Waals surface area contributed by atoms with Gasteiger partial charge in [0, 0.05) is 51.1 Å². The van der Waals surface area contributed by atoms with Gasteiger partial charge in [0.25, 0.3) is 0 Å². The molecule has 0 saturated carbocycles. The average Bonchev–Trinajstić information content (AvgIpc) is 3.65. The summed E-state index contributed by atoms with van der Waals surface area (Å²) >= 11 is 0. The van der Waals surface area contributed by atoms with E-state index in [4.69, 9.17) is 14.2 Å². The fourth-order valence-electron chi connectivity index (χ4n) is 6.94. The van der Waals surface area contributed by atoms with Crippen molar-refractivity contribution in [3.05, 3.63) is 17.7 Å². The molecule has 246 valence electrons. The average molecular weight is 617 g/mol. The van der Waals surface area contributed by atoms with E-state index < -0.39 is 23.8 Å². The molecule has 11 nitrogen and oxygen atoms in total. The predicted octanol–water partition coefficient (Wildman–Crippen LogP) is 3.51. The van der Waals surface area contributed by atoms with Gasteiger partial charge in [0.15, 0.2) is 11.5 Å². The maximum atomic E-state index is 13.9. The lowest BCUT2D eigenvalue weighted by molar-refractivity contribution is -0.144. The number of hydrogen-bond donors (Lipinski definition) is 1. The van der Waals surface area contributed by atoms with Gasteiger partial charge >= 0.3 is 5.97 Å². The van der Waals surface area contributed by atoms with Crippen molar-refractivity contribution < 1.29 is 33.7 Å². The van der Waals surface area contributed by atoms with Crippen molar-refractivity contribution in [2.45, 2.75) is 71.3 Å². The molecule has 2 saturated heterocycles. The van der Waals surface area contributed by atoms with Gasteiger partial charge in [-0.2, -0.15) is 0 Å². The number of unbranched alkanes of at least 4 members (excludes halogenated alkanes) is 2. The molecule has 11 heteroatoms. The zero-order chi connectivity index (χ0) is 32.0. The maximum absolute atomic E-state index is 13.9. The molecule has 3 unspecified atom stereocenters. The largest absolute Gasteiger partial charge is 0.493 e. The monoisotopic (exact) mass is 616 g/mol. The summed E-state index contributed by atoms with van der Waals surface area (Å²) in [6.07, 6.45) is 4.80. The van der Waals surface area contributed by atoms with Crippen LogP contribution in [0.25, 0.3) is 0 Å². The van der Waals surface area contributed by atoms with Crippen LogP contribution in [0, 0.1) is 11.3 Å². The molecule has 0 radical (unpaired) electrons. The Hall–Kier alpha value is -3.05. The molecule has 0 aliphatic carbocycles. The summed E-state index contributed by atoms with van der Waals surface area (Å²) in [5.74, 6) is -0.414. The summed E-state index contributed by atoms with van der Waals surface area (Å²) in [5.41, 5.74) is 0.676. The molecule has 1 N–H and O–H groups in total. The third-order valence-electron chi connectivity index (χ3n) is 9.19. The van der Waals surface area contributed by atoms with Crippen molar-refractivity contribution in [2.24, 2.45) is 11.3 Å². The second kappa shape index (κ2) is 14.8. The third-order valence-corrected chi connectivity index (χ3v) is 9.19. The van der Waals surface area contributed by atoms with Crippen LogP contribution in [-0.2, 0) is 14.4 Å². The fraction of sp³-hybridized carbons (Fsp3) is 0.727. The first-order valence-corrected chi connectivity index (χ1v) is 16.1.